The van der Waals surface area contributed by atoms with Crippen LogP contribution in [-0.2, 0) is 0 Å². The number of aromatic nitrogens is 2. The van der Waals surface area contributed by atoms with Crippen molar-refractivity contribution < 1.29 is 0 Å². The Morgan fingerprint density at radius 1 is 1.41 bits per heavy atom. The molecule has 2 aromatic heterocycles. The molecule has 2 aromatic rings. The topological polar surface area (TPSA) is 37.8 Å². The molecule has 0 spiro atoms. The highest BCUT2D eigenvalue weighted by molar-refractivity contribution is 7.11. The molecule has 0 aliphatic heterocycles. The number of hydrogen-bond acceptors (Lipinski definition) is 5. The normalized spacial score (nSPS) is 17.3. The second-order valence-corrected chi connectivity index (χ2v) is 6.43. The summed E-state index contributed by atoms with van der Waals surface area (Å²) in [5, 5.41) is 6.91. The molecule has 90 valence electrons. The average molecular weight is 265 g/mol. The van der Waals surface area contributed by atoms with Crippen LogP contribution in [0.4, 0.5) is 0 Å². The van der Waals surface area contributed by atoms with E-state index in [-0.39, 0.29) is 6.04 Å². The summed E-state index contributed by atoms with van der Waals surface area (Å²) in [5.41, 5.74) is 4.14. The van der Waals surface area contributed by atoms with Crippen LogP contribution in [-0.4, -0.2) is 16.0 Å². The molecule has 0 bridgehead atoms. The van der Waals surface area contributed by atoms with E-state index in [2.05, 4.69) is 34.5 Å². The molecule has 1 saturated carbocycles. The van der Waals surface area contributed by atoms with E-state index in [0.717, 1.165) is 16.4 Å². The Balaban J connectivity index is 1.92. The van der Waals surface area contributed by atoms with E-state index in [9.17, 15) is 0 Å². The summed E-state index contributed by atoms with van der Waals surface area (Å²) in [6, 6.07) is 0.845. The van der Waals surface area contributed by atoms with Crippen molar-refractivity contribution in [3.05, 3.63) is 32.2 Å². The molecular formula is C12H15N3S2. The second kappa shape index (κ2) is 4.48. The van der Waals surface area contributed by atoms with Crippen LogP contribution in [0.15, 0.2) is 10.9 Å². The number of nitrogens with one attached hydrogen (secondary N) is 1. The predicted octanol–water partition coefficient (Wildman–Crippen LogP) is 3.06. The van der Waals surface area contributed by atoms with Crippen LogP contribution in [0.5, 0.6) is 0 Å². The lowest BCUT2D eigenvalue weighted by molar-refractivity contribution is 0.587. The molecule has 1 N–H and O–H groups in total. The first-order valence-corrected chi connectivity index (χ1v) is 7.58. The summed E-state index contributed by atoms with van der Waals surface area (Å²) in [6.07, 6.45) is 2.56. The van der Waals surface area contributed by atoms with E-state index in [1.165, 1.54) is 17.7 Å². The van der Waals surface area contributed by atoms with Gasteiger partial charge in [-0.25, -0.2) is 9.97 Å². The minimum Gasteiger partial charge on any atom is -0.300 e. The van der Waals surface area contributed by atoms with Gasteiger partial charge in [0.05, 0.1) is 16.9 Å². The molecule has 2 heterocycles. The maximum atomic E-state index is 4.67. The van der Waals surface area contributed by atoms with Gasteiger partial charge in [0.1, 0.15) is 11.0 Å². The highest BCUT2D eigenvalue weighted by Crippen LogP contribution is 2.31. The van der Waals surface area contributed by atoms with E-state index in [1.54, 1.807) is 22.7 Å². The molecule has 1 aliphatic rings. The highest BCUT2D eigenvalue weighted by Gasteiger charge is 2.29. The van der Waals surface area contributed by atoms with Crippen molar-refractivity contribution in [2.75, 3.05) is 0 Å². The number of rotatable bonds is 4. The van der Waals surface area contributed by atoms with Crippen molar-refractivity contribution in [1.82, 2.24) is 15.3 Å². The first kappa shape index (κ1) is 11.3. The molecule has 0 amide bonds. The zero-order valence-electron chi connectivity index (χ0n) is 9.93. The molecule has 5 heteroatoms. The molecule has 1 unspecified atom stereocenters. The zero-order chi connectivity index (χ0) is 11.8. The number of nitrogens with zero attached hydrogens (tertiary/aromatic N) is 2. The van der Waals surface area contributed by atoms with Crippen molar-refractivity contribution in [3.8, 4) is 0 Å². The minimum absolute atomic E-state index is 0.186. The molecule has 1 atom stereocenters. The van der Waals surface area contributed by atoms with Gasteiger partial charge >= 0.3 is 0 Å². The molecule has 17 heavy (non-hydrogen) atoms. The van der Waals surface area contributed by atoms with Gasteiger partial charge in [-0.05, 0) is 26.7 Å². The number of hydrogen-bond donors (Lipinski definition) is 1. The summed E-state index contributed by atoms with van der Waals surface area (Å²) in [4.78, 5) is 10.4. The van der Waals surface area contributed by atoms with E-state index >= 15 is 0 Å². The summed E-state index contributed by atoms with van der Waals surface area (Å²) in [7, 11) is 0. The molecule has 3 nitrogen and oxygen atoms in total. The molecule has 3 rings (SSSR count). The summed E-state index contributed by atoms with van der Waals surface area (Å²) >= 11 is 3.43. The zero-order valence-corrected chi connectivity index (χ0v) is 11.6. The van der Waals surface area contributed by atoms with Crippen LogP contribution in [0.3, 0.4) is 0 Å². The second-order valence-electron chi connectivity index (χ2n) is 4.48. The van der Waals surface area contributed by atoms with E-state index in [0.29, 0.717) is 6.04 Å². The number of aryl methyl sites for hydroxylation is 2. The SMILES string of the molecule is Cc1nc(C(NC2CC2)c2cscn2)sc1C. The van der Waals surface area contributed by atoms with Crippen molar-refractivity contribution in [3.63, 3.8) is 0 Å². The minimum atomic E-state index is 0.186. The van der Waals surface area contributed by atoms with Crippen LogP contribution < -0.4 is 5.32 Å². The summed E-state index contributed by atoms with van der Waals surface area (Å²) in [6.45, 7) is 4.20. The summed E-state index contributed by atoms with van der Waals surface area (Å²) in [5.74, 6) is 0. The fourth-order valence-electron chi connectivity index (χ4n) is 1.75. The third-order valence-corrected chi connectivity index (χ3v) is 4.76. The Morgan fingerprint density at radius 2 is 2.24 bits per heavy atom. The van der Waals surface area contributed by atoms with Gasteiger partial charge in [0, 0.05) is 16.3 Å². The fraction of sp³-hybridized carbons (Fsp3) is 0.500. The van der Waals surface area contributed by atoms with Crippen molar-refractivity contribution >= 4 is 22.7 Å². The van der Waals surface area contributed by atoms with Crippen LogP contribution in [0.25, 0.3) is 0 Å². The van der Waals surface area contributed by atoms with Gasteiger partial charge in [-0.3, -0.25) is 0 Å². The first-order valence-electron chi connectivity index (χ1n) is 5.82. The van der Waals surface area contributed by atoms with Gasteiger partial charge < -0.3 is 5.32 Å². The van der Waals surface area contributed by atoms with Gasteiger partial charge in [-0.1, -0.05) is 0 Å². The molecule has 0 aromatic carbocycles. The Bertz CT molecular complexity index is 480. The lowest BCUT2D eigenvalue weighted by atomic mass is 10.2. The van der Waals surface area contributed by atoms with Crippen molar-refractivity contribution in [2.24, 2.45) is 0 Å². The maximum absolute atomic E-state index is 4.67. The van der Waals surface area contributed by atoms with Crippen molar-refractivity contribution in [1.29, 1.82) is 0 Å². The van der Waals surface area contributed by atoms with E-state index in [4.69, 9.17) is 0 Å². The van der Waals surface area contributed by atoms with Crippen LogP contribution >= 0.6 is 22.7 Å². The monoisotopic (exact) mass is 265 g/mol. The Kier molecular flexibility index (Phi) is 2.98. The van der Waals surface area contributed by atoms with Gasteiger partial charge in [-0.2, -0.15) is 0 Å². The highest BCUT2D eigenvalue weighted by atomic mass is 32.1. The molecule has 0 radical (unpaired) electrons. The maximum Gasteiger partial charge on any atom is 0.116 e. The van der Waals surface area contributed by atoms with Gasteiger partial charge in [0.25, 0.3) is 0 Å². The van der Waals surface area contributed by atoms with Crippen molar-refractivity contribution in [2.45, 2.75) is 38.8 Å². The number of thiazole rings is 2. The van der Waals surface area contributed by atoms with Crippen LogP contribution in [0.2, 0.25) is 0 Å². The Labute approximate surface area is 109 Å². The van der Waals surface area contributed by atoms with Gasteiger partial charge in [0.2, 0.25) is 0 Å². The lowest BCUT2D eigenvalue weighted by Crippen LogP contribution is -2.24. The van der Waals surface area contributed by atoms with Gasteiger partial charge in [0.15, 0.2) is 0 Å². The Morgan fingerprint density at radius 3 is 2.76 bits per heavy atom. The van der Waals surface area contributed by atoms with Gasteiger partial charge in [-0.15, -0.1) is 22.7 Å². The van der Waals surface area contributed by atoms with Crippen LogP contribution in [0.1, 0.15) is 40.2 Å². The summed E-state index contributed by atoms with van der Waals surface area (Å²) < 4.78 is 0. The Hall–Kier alpha value is -0.780. The predicted molar refractivity (Wildman–Crippen MR) is 71.7 cm³/mol. The van der Waals surface area contributed by atoms with E-state index in [1.807, 2.05) is 5.51 Å². The quantitative estimate of drug-likeness (QED) is 0.923. The fourth-order valence-corrected chi connectivity index (χ4v) is 3.33. The molecule has 1 fully saturated rings. The standard InChI is InChI=1S/C12H15N3S2/c1-7-8(2)17-12(14-7)11(15-9-3-4-9)10-5-16-6-13-10/h5-6,9,11,15H,3-4H2,1-2H3. The third-order valence-electron chi connectivity index (χ3n) is 3.02. The smallest absolute Gasteiger partial charge is 0.116 e. The molecule has 0 saturated heterocycles. The molecule has 1 aliphatic carbocycles. The lowest BCUT2D eigenvalue weighted by Gasteiger charge is -2.13. The van der Waals surface area contributed by atoms with E-state index < -0.39 is 0 Å². The van der Waals surface area contributed by atoms with Crippen LogP contribution in [0, 0.1) is 13.8 Å². The average Bonchev–Trinajstić information content (AvgIpc) is 2.84. The first-order chi connectivity index (χ1) is 8.24. The largest absolute Gasteiger partial charge is 0.300 e. The molecular weight excluding hydrogens is 250 g/mol. The third kappa shape index (κ3) is 2.41.